The van der Waals surface area contributed by atoms with E-state index in [4.69, 9.17) is 20.6 Å². The first-order chi connectivity index (χ1) is 8.83. The zero-order valence-electron chi connectivity index (χ0n) is 10.7. The van der Waals surface area contributed by atoms with Gasteiger partial charge in [-0.3, -0.25) is 14.4 Å². The average Bonchev–Trinajstić information content (AvgIpc) is 2.28. The van der Waals surface area contributed by atoms with Crippen molar-refractivity contribution in [3.63, 3.8) is 0 Å². The van der Waals surface area contributed by atoms with Crippen LogP contribution >= 0.6 is 7.92 Å². The molecule has 0 fully saturated rings. The SMILES string of the molecule is CC#N.O=C(O)CCP(CCC(=O)O)CCC(=O)O. The van der Waals surface area contributed by atoms with Crippen LogP contribution in [0.15, 0.2) is 0 Å². The summed E-state index contributed by atoms with van der Waals surface area (Å²) in [5, 5.41) is 32.8. The zero-order chi connectivity index (χ0) is 15.3. The van der Waals surface area contributed by atoms with Crippen molar-refractivity contribution in [3.8, 4) is 6.07 Å². The molecule has 0 heterocycles. The summed E-state index contributed by atoms with van der Waals surface area (Å²) < 4.78 is 0. The van der Waals surface area contributed by atoms with Crippen LogP contribution in [-0.2, 0) is 14.4 Å². The van der Waals surface area contributed by atoms with Gasteiger partial charge in [0.05, 0.1) is 6.07 Å². The minimum absolute atomic E-state index is 0.0229. The summed E-state index contributed by atoms with van der Waals surface area (Å²) in [6, 6.07) is 1.75. The van der Waals surface area contributed by atoms with E-state index in [0.29, 0.717) is 18.5 Å². The fraction of sp³-hybridized carbons (Fsp3) is 0.636. The molecule has 0 aromatic heterocycles. The van der Waals surface area contributed by atoms with Crippen LogP contribution in [0, 0.1) is 11.3 Å². The first kappa shape index (κ1) is 19.7. The van der Waals surface area contributed by atoms with Crippen LogP contribution in [0.5, 0.6) is 0 Å². The third-order valence-corrected chi connectivity index (χ3v) is 4.49. The van der Waals surface area contributed by atoms with Crippen molar-refractivity contribution < 1.29 is 29.7 Å². The number of carbonyl (C=O) groups is 3. The molecule has 0 spiro atoms. The molecular weight excluding hydrogens is 273 g/mol. The van der Waals surface area contributed by atoms with Crippen LogP contribution in [0.4, 0.5) is 0 Å². The molecule has 7 nitrogen and oxygen atoms in total. The molecular formula is C11H18NO6P. The van der Waals surface area contributed by atoms with Gasteiger partial charge in [0.15, 0.2) is 0 Å². The van der Waals surface area contributed by atoms with Gasteiger partial charge < -0.3 is 15.3 Å². The molecule has 0 aliphatic rings. The highest BCUT2D eigenvalue weighted by Crippen LogP contribution is 2.37. The van der Waals surface area contributed by atoms with E-state index in [0.717, 1.165) is 0 Å². The molecule has 19 heavy (non-hydrogen) atoms. The Hall–Kier alpha value is -1.67. The van der Waals surface area contributed by atoms with Gasteiger partial charge in [0.25, 0.3) is 0 Å². The quantitative estimate of drug-likeness (QED) is 0.546. The van der Waals surface area contributed by atoms with Crippen LogP contribution in [0.25, 0.3) is 0 Å². The lowest BCUT2D eigenvalue weighted by molar-refractivity contribution is -0.137. The topological polar surface area (TPSA) is 136 Å². The van der Waals surface area contributed by atoms with Crippen molar-refractivity contribution in [1.82, 2.24) is 0 Å². The molecule has 0 aliphatic carbocycles. The fourth-order valence-electron chi connectivity index (χ4n) is 1.10. The summed E-state index contributed by atoms with van der Waals surface area (Å²) in [5.74, 6) is -2.80. The number of carboxylic acids is 3. The lowest BCUT2D eigenvalue weighted by Gasteiger charge is -2.14. The van der Waals surface area contributed by atoms with E-state index < -0.39 is 25.8 Å². The van der Waals surface area contributed by atoms with Gasteiger partial charge in [-0.25, -0.2) is 0 Å². The Kier molecular flexibility index (Phi) is 13.2. The Morgan fingerprint density at radius 3 is 1.26 bits per heavy atom. The number of nitriles is 1. The molecule has 0 saturated carbocycles. The van der Waals surface area contributed by atoms with Crippen molar-refractivity contribution in [2.75, 3.05) is 18.5 Å². The summed E-state index contributed by atoms with van der Waals surface area (Å²) in [4.78, 5) is 31.1. The van der Waals surface area contributed by atoms with Crippen LogP contribution < -0.4 is 0 Å². The average molecular weight is 291 g/mol. The van der Waals surface area contributed by atoms with Crippen LogP contribution in [0.2, 0.25) is 0 Å². The van der Waals surface area contributed by atoms with E-state index in [1.165, 1.54) is 6.92 Å². The highest BCUT2D eigenvalue weighted by molar-refractivity contribution is 7.57. The Balaban J connectivity index is 0. The predicted molar refractivity (Wildman–Crippen MR) is 69.6 cm³/mol. The third-order valence-electron chi connectivity index (χ3n) is 1.93. The maximum Gasteiger partial charge on any atom is 0.303 e. The van der Waals surface area contributed by atoms with E-state index in [1.807, 2.05) is 0 Å². The van der Waals surface area contributed by atoms with Crippen molar-refractivity contribution in [2.45, 2.75) is 26.2 Å². The molecule has 8 heteroatoms. The molecule has 0 aliphatic heterocycles. The minimum Gasteiger partial charge on any atom is -0.481 e. The lowest BCUT2D eigenvalue weighted by Crippen LogP contribution is -2.07. The smallest absolute Gasteiger partial charge is 0.303 e. The molecule has 0 aromatic carbocycles. The second-order valence-corrected chi connectivity index (χ2v) is 6.18. The largest absolute Gasteiger partial charge is 0.481 e. The highest BCUT2D eigenvalue weighted by Gasteiger charge is 2.13. The van der Waals surface area contributed by atoms with Crippen molar-refractivity contribution in [2.24, 2.45) is 0 Å². The third kappa shape index (κ3) is 18.9. The normalized spacial score (nSPS) is 9.11. The van der Waals surface area contributed by atoms with Crippen LogP contribution in [0.3, 0.4) is 0 Å². The molecule has 0 bridgehead atoms. The molecule has 3 N–H and O–H groups in total. The van der Waals surface area contributed by atoms with Gasteiger partial charge in [-0.2, -0.15) is 5.26 Å². The zero-order valence-corrected chi connectivity index (χ0v) is 11.6. The summed E-state index contributed by atoms with van der Waals surface area (Å²) >= 11 is 0. The standard InChI is InChI=1S/C9H15O6P.C2H3N/c10-7(11)1-4-16(5-2-8(12)13)6-3-9(14)15;1-2-3/h1-6H2,(H,10,11)(H,12,13)(H,14,15);1H3. The van der Waals surface area contributed by atoms with Gasteiger partial charge in [-0.05, 0) is 18.5 Å². The second kappa shape index (κ2) is 12.8. The summed E-state index contributed by atoms with van der Waals surface area (Å²) in [6.45, 7) is 1.43. The summed E-state index contributed by atoms with van der Waals surface area (Å²) in [7, 11) is -0.801. The molecule has 108 valence electrons. The fourth-order valence-corrected chi connectivity index (χ4v) is 3.29. The van der Waals surface area contributed by atoms with Gasteiger partial charge in [-0.15, -0.1) is 7.92 Å². The first-order valence-corrected chi connectivity index (χ1v) is 7.41. The summed E-state index contributed by atoms with van der Waals surface area (Å²) in [5.41, 5.74) is 0. The molecule has 0 atom stereocenters. The maximum absolute atomic E-state index is 10.4. The highest BCUT2D eigenvalue weighted by atomic mass is 31.1. The van der Waals surface area contributed by atoms with E-state index >= 15 is 0 Å². The molecule has 0 saturated heterocycles. The molecule has 0 aromatic rings. The van der Waals surface area contributed by atoms with Gasteiger partial charge in [-0.1, -0.05) is 0 Å². The van der Waals surface area contributed by atoms with Crippen molar-refractivity contribution >= 4 is 25.8 Å². The van der Waals surface area contributed by atoms with Gasteiger partial charge in [0.2, 0.25) is 0 Å². The van der Waals surface area contributed by atoms with Crippen LogP contribution in [-0.4, -0.2) is 51.7 Å². The molecule has 0 radical (unpaired) electrons. The van der Waals surface area contributed by atoms with Crippen LogP contribution in [0.1, 0.15) is 26.2 Å². The maximum atomic E-state index is 10.4. The first-order valence-electron chi connectivity index (χ1n) is 5.52. The molecule has 0 unspecified atom stereocenters. The van der Waals surface area contributed by atoms with Crippen molar-refractivity contribution in [3.05, 3.63) is 0 Å². The van der Waals surface area contributed by atoms with Gasteiger partial charge in [0.1, 0.15) is 0 Å². The van der Waals surface area contributed by atoms with Gasteiger partial charge >= 0.3 is 17.9 Å². The Morgan fingerprint density at radius 1 is 0.895 bits per heavy atom. The number of hydrogen-bond acceptors (Lipinski definition) is 4. The Labute approximate surface area is 112 Å². The van der Waals surface area contributed by atoms with E-state index in [9.17, 15) is 14.4 Å². The summed E-state index contributed by atoms with van der Waals surface area (Å²) in [6.07, 6.45) is 1.11. The Morgan fingerprint density at radius 2 is 1.11 bits per heavy atom. The van der Waals surface area contributed by atoms with E-state index in [1.54, 1.807) is 6.07 Å². The monoisotopic (exact) mass is 291 g/mol. The minimum atomic E-state index is -0.932. The number of carboxylic acid groups (broad SMARTS) is 3. The van der Waals surface area contributed by atoms with Crippen molar-refractivity contribution in [1.29, 1.82) is 5.26 Å². The number of hydrogen-bond donors (Lipinski definition) is 3. The number of aliphatic carboxylic acids is 3. The van der Waals surface area contributed by atoms with E-state index in [-0.39, 0.29) is 19.3 Å². The molecule has 0 amide bonds. The van der Waals surface area contributed by atoms with Gasteiger partial charge in [0, 0.05) is 26.2 Å². The van der Waals surface area contributed by atoms with E-state index in [2.05, 4.69) is 0 Å². The Bertz CT molecular complexity index is 296. The predicted octanol–water partition coefficient (Wildman–Crippen LogP) is 1.42. The molecule has 0 rings (SSSR count). The second-order valence-electron chi connectivity index (χ2n) is 3.50. The lowest BCUT2D eigenvalue weighted by atomic mass is 10.5. The number of nitrogens with zero attached hydrogens (tertiary/aromatic N) is 1. The number of rotatable bonds is 9.